The molecule has 1 aromatic heterocycles. The van der Waals surface area contributed by atoms with Gasteiger partial charge in [-0.2, -0.15) is 0 Å². The van der Waals surface area contributed by atoms with E-state index in [1.165, 1.54) is 0 Å². The summed E-state index contributed by atoms with van der Waals surface area (Å²) in [7, 11) is 0. The van der Waals surface area contributed by atoms with Gasteiger partial charge in [0.1, 0.15) is 12.4 Å². The van der Waals surface area contributed by atoms with Crippen molar-refractivity contribution in [2.75, 3.05) is 18.0 Å². The van der Waals surface area contributed by atoms with Crippen molar-refractivity contribution < 1.29 is 9.59 Å². The maximum Gasteiger partial charge on any atom is 0.252 e. The van der Waals surface area contributed by atoms with Gasteiger partial charge in [-0.15, -0.1) is 0 Å². The van der Waals surface area contributed by atoms with Crippen LogP contribution in [0.2, 0.25) is 5.02 Å². The van der Waals surface area contributed by atoms with Crippen molar-refractivity contribution >= 4 is 40.1 Å². The van der Waals surface area contributed by atoms with Crippen LogP contribution in [0.4, 0.5) is 5.69 Å². The molecule has 0 unspecified atom stereocenters. The second kappa shape index (κ2) is 11.0. The van der Waals surface area contributed by atoms with Crippen LogP contribution in [-0.4, -0.2) is 34.5 Å². The molecule has 0 aliphatic carbocycles. The number of anilines is 1. The van der Waals surface area contributed by atoms with Crippen LogP contribution in [0, 0.1) is 0 Å². The molecule has 34 heavy (non-hydrogen) atoms. The first kappa shape index (κ1) is 23.5. The van der Waals surface area contributed by atoms with E-state index in [0.717, 1.165) is 22.5 Å². The molecule has 0 aliphatic rings. The molecule has 0 radical (unpaired) electrons. The van der Waals surface area contributed by atoms with Gasteiger partial charge in [-0.05, 0) is 49.7 Å². The third kappa shape index (κ3) is 5.29. The highest BCUT2D eigenvalue weighted by molar-refractivity contribution is 6.33. The summed E-state index contributed by atoms with van der Waals surface area (Å²) in [5.74, 6) is 0.631. The fourth-order valence-corrected chi connectivity index (χ4v) is 4.23. The Morgan fingerprint density at radius 3 is 2.44 bits per heavy atom. The summed E-state index contributed by atoms with van der Waals surface area (Å²) in [6.45, 7) is 3.23. The molecule has 3 aromatic carbocycles. The van der Waals surface area contributed by atoms with Crippen molar-refractivity contribution in [2.24, 2.45) is 0 Å². The van der Waals surface area contributed by atoms with Crippen molar-refractivity contribution in [3.05, 3.63) is 95.3 Å². The minimum atomic E-state index is -0.198. The topological polar surface area (TPSA) is 67.2 Å². The number of hydrogen-bond acceptors (Lipinski definition) is 3. The molecular formula is C27H27ClN4O2. The average molecular weight is 475 g/mol. The molecule has 0 fully saturated rings. The molecule has 1 N–H and O–H groups in total. The lowest BCUT2D eigenvalue weighted by Crippen LogP contribution is -2.34. The molecule has 4 rings (SSSR count). The number of carbonyl (C=O) groups excluding carboxylic acids is 2. The summed E-state index contributed by atoms with van der Waals surface area (Å²) < 4.78 is 1.99. The van der Waals surface area contributed by atoms with Crippen LogP contribution in [0.3, 0.4) is 0 Å². The van der Waals surface area contributed by atoms with E-state index in [1.54, 1.807) is 29.2 Å². The van der Waals surface area contributed by atoms with E-state index >= 15 is 0 Å². The molecule has 4 aromatic rings. The number of nitrogens with zero attached hydrogens (tertiary/aromatic N) is 3. The highest BCUT2D eigenvalue weighted by Crippen LogP contribution is 2.20. The van der Waals surface area contributed by atoms with E-state index in [0.29, 0.717) is 36.5 Å². The number of amides is 2. The molecule has 0 bridgehead atoms. The quantitative estimate of drug-likeness (QED) is 0.343. The van der Waals surface area contributed by atoms with Gasteiger partial charge in [0.25, 0.3) is 5.91 Å². The Morgan fingerprint density at radius 1 is 0.971 bits per heavy atom. The molecule has 0 atom stereocenters. The van der Waals surface area contributed by atoms with Crippen LogP contribution in [-0.2, 0) is 17.8 Å². The third-order valence-corrected chi connectivity index (χ3v) is 6.02. The predicted molar refractivity (Wildman–Crippen MR) is 136 cm³/mol. The van der Waals surface area contributed by atoms with Crippen molar-refractivity contribution in [1.82, 2.24) is 14.9 Å². The Bertz CT molecular complexity index is 1290. The average Bonchev–Trinajstić information content (AvgIpc) is 3.20. The number of nitrogens with one attached hydrogen (secondary N) is 1. The Morgan fingerprint density at radius 2 is 1.68 bits per heavy atom. The van der Waals surface area contributed by atoms with Crippen LogP contribution < -0.4 is 10.2 Å². The van der Waals surface area contributed by atoms with Crippen molar-refractivity contribution in [3.8, 4) is 0 Å². The summed E-state index contributed by atoms with van der Waals surface area (Å²) in [4.78, 5) is 32.2. The number of fused-ring (bicyclic) bond motifs is 1. The lowest BCUT2D eigenvalue weighted by molar-refractivity contribution is -0.119. The Hall–Kier alpha value is -3.64. The van der Waals surface area contributed by atoms with Gasteiger partial charge in [0.2, 0.25) is 5.91 Å². The maximum atomic E-state index is 13.3. The van der Waals surface area contributed by atoms with Crippen LogP contribution in [0.15, 0.2) is 78.9 Å². The van der Waals surface area contributed by atoms with Crippen molar-refractivity contribution in [2.45, 2.75) is 26.3 Å². The SMILES string of the molecule is CCN(C(=O)Cn1c(CCCNC(=O)c2ccccc2Cl)nc2ccccc21)c1ccccc1. The van der Waals surface area contributed by atoms with Gasteiger partial charge in [0.05, 0.1) is 21.6 Å². The molecule has 174 valence electrons. The van der Waals surface area contributed by atoms with Crippen LogP contribution >= 0.6 is 11.6 Å². The molecule has 0 saturated heterocycles. The first-order chi connectivity index (χ1) is 16.6. The molecule has 0 spiro atoms. The molecule has 6 nitrogen and oxygen atoms in total. The van der Waals surface area contributed by atoms with Crippen LogP contribution in [0.5, 0.6) is 0 Å². The summed E-state index contributed by atoms with van der Waals surface area (Å²) in [5, 5.41) is 3.35. The number of imidazole rings is 1. The second-order valence-corrected chi connectivity index (χ2v) is 8.32. The Labute approximate surface area is 204 Å². The number of aryl methyl sites for hydroxylation is 1. The summed E-state index contributed by atoms with van der Waals surface area (Å²) in [6, 6.07) is 24.5. The molecule has 0 saturated carbocycles. The van der Waals surface area contributed by atoms with Gasteiger partial charge in [-0.3, -0.25) is 9.59 Å². The number of likely N-dealkylation sites (N-methyl/N-ethyl adjacent to an activating group) is 1. The zero-order chi connectivity index (χ0) is 23.9. The first-order valence-corrected chi connectivity index (χ1v) is 11.8. The van der Waals surface area contributed by atoms with Gasteiger partial charge < -0.3 is 14.8 Å². The van der Waals surface area contributed by atoms with E-state index in [9.17, 15) is 9.59 Å². The smallest absolute Gasteiger partial charge is 0.252 e. The van der Waals surface area contributed by atoms with Crippen LogP contribution in [0.1, 0.15) is 29.5 Å². The van der Waals surface area contributed by atoms with E-state index in [2.05, 4.69) is 5.32 Å². The number of aromatic nitrogens is 2. The van der Waals surface area contributed by atoms with E-state index < -0.39 is 0 Å². The molecular weight excluding hydrogens is 448 g/mol. The fraction of sp³-hybridized carbons (Fsp3) is 0.222. The van der Waals surface area contributed by atoms with Gasteiger partial charge in [-0.25, -0.2) is 4.98 Å². The van der Waals surface area contributed by atoms with E-state index in [-0.39, 0.29) is 18.4 Å². The van der Waals surface area contributed by atoms with Crippen LogP contribution in [0.25, 0.3) is 11.0 Å². The van der Waals surface area contributed by atoms with E-state index in [4.69, 9.17) is 16.6 Å². The highest BCUT2D eigenvalue weighted by atomic mass is 35.5. The van der Waals surface area contributed by atoms with Gasteiger partial charge in [0.15, 0.2) is 0 Å². The van der Waals surface area contributed by atoms with Crippen molar-refractivity contribution in [1.29, 1.82) is 0 Å². The summed E-state index contributed by atoms with van der Waals surface area (Å²) >= 11 is 6.11. The lowest BCUT2D eigenvalue weighted by Gasteiger charge is -2.22. The maximum absolute atomic E-state index is 13.3. The molecule has 2 amide bonds. The number of para-hydroxylation sites is 3. The summed E-state index contributed by atoms with van der Waals surface area (Å²) in [6.07, 6.45) is 1.31. The zero-order valence-corrected chi connectivity index (χ0v) is 19.8. The highest BCUT2D eigenvalue weighted by Gasteiger charge is 2.18. The minimum absolute atomic E-state index is 0.00475. The standard InChI is InChI=1S/C27H27ClN4O2/c1-2-31(20-11-4-3-5-12-20)26(33)19-32-24-16-9-8-15-23(24)30-25(32)17-10-18-29-27(34)21-13-6-7-14-22(21)28/h3-9,11-16H,2,10,17-19H2,1H3,(H,29,34). The fourth-order valence-electron chi connectivity index (χ4n) is 4.01. The minimum Gasteiger partial charge on any atom is -0.352 e. The zero-order valence-electron chi connectivity index (χ0n) is 19.1. The number of rotatable bonds is 9. The third-order valence-electron chi connectivity index (χ3n) is 5.69. The Kier molecular flexibility index (Phi) is 7.60. The Balaban J connectivity index is 1.46. The normalized spacial score (nSPS) is 10.9. The second-order valence-electron chi connectivity index (χ2n) is 7.92. The molecule has 1 heterocycles. The van der Waals surface area contributed by atoms with E-state index in [1.807, 2.05) is 66.1 Å². The van der Waals surface area contributed by atoms with Gasteiger partial charge in [-0.1, -0.05) is 54.1 Å². The molecule has 7 heteroatoms. The summed E-state index contributed by atoms with van der Waals surface area (Å²) in [5.41, 5.74) is 3.12. The van der Waals surface area contributed by atoms with Crippen molar-refractivity contribution in [3.63, 3.8) is 0 Å². The number of carbonyl (C=O) groups is 2. The number of hydrogen-bond donors (Lipinski definition) is 1. The first-order valence-electron chi connectivity index (χ1n) is 11.4. The molecule has 0 aliphatic heterocycles. The largest absolute Gasteiger partial charge is 0.352 e. The number of halogens is 1. The monoisotopic (exact) mass is 474 g/mol. The predicted octanol–water partition coefficient (Wildman–Crippen LogP) is 5.11. The lowest BCUT2D eigenvalue weighted by atomic mass is 10.2. The number of benzene rings is 3. The van der Waals surface area contributed by atoms with Gasteiger partial charge in [0, 0.05) is 25.2 Å². The van der Waals surface area contributed by atoms with Gasteiger partial charge >= 0.3 is 0 Å².